The Bertz CT molecular complexity index is 1170. The van der Waals surface area contributed by atoms with E-state index in [9.17, 15) is 17.6 Å². The van der Waals surface area contributed by atoms with Crippen LogP contribution < -0.4 is 10.2 Å². The molecule has 2 aromatic heterocycles. The van der Waals surface area contributed by atoms with Crippen molar-refractivity contribution in [3.8, 4) is 11.3 Å². The number of nitrogens with zero attached hydrogens (tertiary/aromatic N) is 5. The molecular weight excluding hydrogens is 468 g/mol. The Morgan fingerprint density at radius 3 is 2.29 bits per heavy atom. The quantitative estimate of drug-likeness (QED) is 0.529. The van der Waals surface area contributed by atoms with Crippen LogP contribution in [-0.4, -0.2) is 56.6 Å². The van der Waals surface area contributed by atoms with Gasteiger partial charge in [0.15, 0.2) is 5.82 Å². The molecule has 3 aromatic rings. The lowest BCUT2D eigenvalue weighted by molar-refractivity contribution is -0.192. The van der Waals surface area contributed by atoms with Crippen molar-refractivity contribution in [2.45, 2.75) is 38.0 Å². The number of fused-ring (bicyclic) bond motifs is 2. The fourth-order valence-corrected chi connectivity index (χ4v) is 4.40. The van der Waals surface area contributed by atoms with Gasteiger partial charge in [-0.05, 0) is 61.7 Å². The molecule has 1 fully saturated rings. The largest absolute Gasteiger partial charge is 0.490 e. The molecule has 8 nitrogen and oxygen atoms in total. The number of carbonyl (C=O) groups is 1. The summed E-state index contributed by atoms with van der Waals surface area (Å²) in [5.41, 5.74) is 2.87. The molecule has 5 rings (SSSR count). The van der Waals surface area contributed by atoms with E-state index in [1.165, 1.54) is 12.1 Å². The predicted molar refractivity (Wildman–Crippen MR) is 119 cm³/mol. The first-order valence-electron chi connectivity index (χ1n) is 11.0. The molecule has 12 heteroatoms. The average Bonchev–Trinajstić information content (AvgIpc) is 3.26. The van der Waals surface area contributed by atoms with Crippen LogP contribution in [0.3, 0.4) is 0 Å². The minimum atomic E-state index is -5.08. The zero-order chi connectivity index (χ0) is 25.2. The molecule has 2 N–H and O–H groups in total. The molecule has 0 radical (unpaired) electrons. The van der Waals surface area contributed by atoms with Crippen molar-refractivity contribution in [3.63, 3.8) is 0 Å². The number of halogens is 4. The van der Waals surface area contributed by atoms with Gasteiger partial charge in [0, 0.05) is 26.2 Å². The fourth-order valence-electron chi connectivity index (χ4n) is 4.40. The van der Waals surface area contributed by atoms with Crippen molar-refractivity contribution in [1.82, 2.24) is 25.1 Å². The van der Waals surface area contributed by atoms with Crippen LogP contribution in [0.5, 0.6) is 0 Å². The van der Waals surface area contributed by atoms with Crippen molar-refractivity contribution in [3.05, 3.63) is 59.9 Å². The Balaban J connectivity index is 0.000000364. The zero-order valence-corrected chi connectivity index (χ0v) is 18.9. The molecule has 4 heterocycles. The third kappa shape index (κ3) is 5.26. The van der Waals surface area contributed by atoms with E-state index in [-0.39, 0.29) is 11.4 Å². The lowest BCUT2D eigenvalue weighted by Crippen LogP contribution is -2.56. The monoisotopic (exact) mass is 492 g/mol. The molecule has 2 aliphatic heterocycles. The van der Waals surface area contributed by atoms with Gasteiger partial charge in [-0.25, -0.2) is 14.2 Å². The topological polar surface area (TPSA) is 96.2 Å². The highest BCUT2D eigenvalue weighted by molar-refractivity contribution is 5.73. The standard InChI is InChI=1S/C21H23FN6.C2HF3O2/c1-15-2-7-19(26-25-15)27-11-8-21(9-12-27)20-23-14-18(28(20)13-10-24-21)16-3-5-17(22)6-4-16;3-2(4,5)1(6)7/h2-7,14,24H,8-13H2,1H3;(H,6,7). The van der Waals surface area contributed by atoms with Crippen molar-refractivity contribution in [2.75, 3.05) is 24.5 Å². The van der Waals surface area contributed by atoms with E-state index < -0.39 is 12.1 Å². The third-order valence-corrected chi connectivity index (χ3v) is 6.19. The van der Waals surface area contributed by atoms with Crippen molar-refractivity contribution in [2.24, 2.45) is 0 Å². The molecule has 186 valence electrons. The van der Waals surface area contributed by atoms with Crippen LogP contribution in [0, 0.1) is 12.7 Å². The number of hydrogen-bond acceptors (Lipinski definition) is 6. The van der Waals surface area contributed by atoms with Crippen LogP contribution in [0.15, 0.2) is 42.6 Å². The van der Waals surface area contributed by atoms with E-state index in [4.69, 9.17) is 14.9 Å². The Kier molecular flexibility index (Phi) is 6.75. The van der Waals surface area contributed by atoms with E-state index in [2.05, 4.69) is 25.0 Å². The van der Waals surface area contributed by atoms with Gasteiger partial charge in [0.2, 0.25) is 0 Å². The number of anilines is 1. The van der Waals surface area contributed by atoms with Gasteiger partial charge in [-0.15, -0.1) is 5.10 Å². The van der Waals surface area contributed by atoms with Crippen LogP contribution in [0.2, 0.25) is 0 Å². The SMILES string of the molecule is Cc1ccc(N2CCC3(CC2)NCCn2c(-c4ccc(F)cc4)cnc23)nn1.O=C(O)C(F)(F)F. The number of aliphatic carboxylic acids is 1. The van der Waals surface area contributed by atoms with Crippen molar-refractivity contribution in [1.29, 1.82) is 0 Å². The lowest BCUT2D eigenvalue weighted by Gasteiger charge is -2.44. The predicted octanol–water partition coefficient (Wildman–Crippen LogP) is 3.52. The number of benzene rings is 1. The Morgan fingerprint density at radius 1 is 1.06 bits per heavy atom. The minimum Gasteiger partial charge on any atom is -0.475 e. The first-order chi connectivity index (χ1) is 16.6. The molecule has 2 aliphatic rings. The number of alkyl halides is 3. The Hall–Kier alpha value is -3.54. The van der Waals surface area contributed by atoms with Crippen LogP contribution in [0.25, 0.3) is 11.3 Å². The number of aromatic nitrogens is 4. The lowest BCUT2D eigenvalue weighted by atomic mass is 9.85. The second kappa shape index (κ2) is 9.61. The van der Waals surface area contributed by atoms with Crippen LogP contribution in [-0.2, 0) is 16.9 Å². The fraction of sp³-hybridized carbons (Fsp3) is 0.391. The second-order valence-corrected chi connectivity index (χ2v) is 8.46. The van der Waals surface area contributed by atoms with Gasteiger partial charge in [-0.2, -0.15) is 18.3 Å². The summed E-state index contributed by atoms with van der Waals surface area (Å²) in [4.78, 5) is 16.0. The van der Waals surface area contributed by atoms with Gasteiger partial charge >= 0.3 is 12.1 Å². The van der Waals surface area contributed by atoms with E-state index in [0.29, 0.717) is 0 Å². The van der Waals surface area contributed by atoms with Crippen LogP contribution in [0.1, 0.15) is 24.4 Å². The van der Waals surface area contributed by atoms with Crippen molar-refractivity contribution >= 4 is 11.8 Å². The summed E-state index contributed by atoms with van der Waals surface area (Å²) in [6.07, 6.45) is -1.24. The summed E-state index contributed by atoms with van der Waals surface area (Å²) in [6, 6.07) is 10.7. The Morgan fingerprint density at radius 2 is 1.71 bits per heavy atom. The third-order valence-electron chi connectivity index (χ3n) is 6.19. The summed E-state index contributed by atoms with van der Waals surface area (Å²) in [5, 5.41) is 19.4. The summed E-state index contributed by atoms with van der Waals surface area (Å²) in [7, 11) is 0. The smallest absolute Gasteiger partial charge is 0.475 e. The molecule has 0 amide bonds. The molecule has 0 unspecified atom stereocenters. The molecular formula is C23H24F4N6O2. The van der Waals surface area contributed by atoms with Gasteiger partial charge in [-0.3, -0.25) is 0 Å². The molecule has 0 saturated carbocycles. The highest BCUT2D eigenvalue weighted by Crippen LogP contribution is 2.37. The van der Waals surface area contributed by atoms with Gasteiger partial charge in [0.1, 0.15) is 11.6 Å². The average molecular weight is 492 g/mol. The van der Waals surface area contributed by atoms with E-state index in [1.54, 1.807) is 0 Å². The normalized spacial score (nSPS) is 16.9. The summed E-state index contributed by atoms with van der Waals surface area (Å²) in [6.45, 7) is 5.54. The molecule has 0 atom stereocenters. The summed E-state index contributed by atoms with van der Waals surface area (Å²) >= 11 is 0. The maximum atomic E-state index is 13.3. The molecule has 0 aliphatic carbocycles. The van der Waals surface area contributed by atoms with E-state index >= 15 is 0 Å². The number of carboxylic acid groups (broad SMARTS) is 1. The van der Waals surface area contributed by atoms with Gasteiger partial charge in [0.25, 0.3) is 0 Å². The zero-order valence-electron chi connectivity index (χ0n) is 18.9. The first-order valence-corrected chi connectivity index (χ1v) is 11.0. The van der Waals surface area contributed by atoms with Crippen LogP contribution in [0.4, 0.5) is 23.4 Å². The van der Waals surface area contributed by atoms with Gasteiger partial charge < -0.3 is 19.9 Å². The summed E-state index contributed by atoms with van der Waals surface area (Å²) < 4.78 is 47.3. The molecule has 1 spiro atoms. The van der Waals surface area contributed by atoms with Gasteiger partial charge in [0.05, 0.1) is 23.1 Å². The Labute approximate surface area is 198 Å². The highest BCUT2D eigenvalue weighted by atomic mass is 19.4. The second-order valence-electron chi connectivity index (χ2n) is 8.46. The van der Waals surface area contributed by atoms with Gasteiger partial charge in [-0.1, -0.05) is 0 Å². The highest BCUT2D eigenvalue weighted by Gasteiger charge is 2.42. The number of rotatable bonds is 2. The molecule has 35 heavy (non-hydrogen) atoms. The number of imidazole rings is 1. The molecule has 0 bridgehead atoms. The van der Waals surface area contributed by atoms with E-state index in [1.807, 2.05) is 37.4 Å². The maximum absolute atomic E-state index is 13.3. The number of hydrogen-bond donors (Lipinski definition) is 2. The summed E-state index contributed by atoms with van der Waals surface area (Å²) in [5.74, 6) is -0.946. The minimum absolute atomic E-state index is 0.120. The number of nitrogens with one attached hydrogen (secondary N) is 1. The van der Waals surface area contributed by atoms with Crippen LogP contribution >= 0.6 is 0 Å². The number of carboxylic acids is 1. The molecule has 1 aromatic carbocycles. The first kappa shape index (κ1) is 24.6. The maximum Gasteiger partial charge on any atom is 0.490 e. The number of aryl methyl sites for hydroxylation is 1. The van der Waals surface area contributed by atoms with Crippen molar-refractivity contribution < 1.29 is 27.5 Å². The molecule has 1 saturated heterocycles. The van der Waals surface area contributed by atoms with E-state index in [0.717, 1.165) is 67.6 Å². The number of piperidine rings is 1.